The quantitative estimate of drug-likeness (QED) is 0.834. The van der Waals surface area contributed by atoms with Gasteiger partial charge in [-0.1, -0.05) is 0 Å². The topological polar surface area (TPSA) is 62.0 Å². The summed E-state index contributed by atoms with van der Waals surface area (Å²) in [5.41, 5.74) is -2.10. The van der Waals surface area contributed by atoms with E-state index < -0.39 is 23.2 Å². The lowest BCUT2D eigenvalue weighted by atomic mass is 10.2. The van der Waals surface area contributed by atoms with Crippen LogP contribution in [0.25, 0.3) is 0 Å². The van der Waals surface area contributed by atoms with Gasteiger partial charge in [-0.25, -0.2) is 0 Å². The Morgan fingerprint density at radius 2 is 2.06 bits per heavy atom. The van der Waals surface area contributed by atoms with E-state index in [-0.39, 0.29) is 11.6 Å². The fraction of sp³-hybridized carbons (Fsp3) is 0.400. The van der Waals surface area contributed by atoms with Crippen LogP contribution < -0.4 is 10.9 Å². The van der Waals surface area contributed by atoms with Crippen LogP contribution in [0.3, 0.4) is 0 Å². The van der Waals surface area contributed by atoms with Crippen molar-refractivity contribution in [3.05, 3.63) is 28.2 Å². The van der Waals surface area contributed by atoms with Gasteiger partial charge in [-0.05, 0) is 18.9 Å². The number of carbonyl (C=O) groups excluding carboxylic acids is 1. The van der Waals surface area contributed by atoms with Crippen LogP contribution in [-0.2, 0) is 11.0 Å². The molecule has 0 atom stereocenters. The first kappa shape index (κ1) is 11.7. The summed E-state index contributed by atoms with van der Waals surface area (Å²) in [6, 6.07) is 0.638. The summed E-state index contributed by atoms with van der Waals surface area (Å²) in [6.45, 7) is 0. The Balaban J connectivity index is 2.26. The Morgan fingerprint density at radius 1 is 1.41 bits per heavy atom. The lowest BCUT2D eigenvalue weighted by Gasteiger charge is -2.08. The van der Waals surface area contributed by atoms with Crippen molar-refractivity contribution in [2.24, 2.45) is 5.92 Å². The van der Waals surface area contributed by atoms with Gasteiger partial charge in [0.2, 0.25) is 5.91 Å². The highest BCUT2D eigenvalue weighted by Crippen LogP contribution is 2.31. The van der Waals surface area contributed by atoms with Crippen LogP contribution in [0.15, 0.2) is 17.1 Å². The molecule has 0 radical (unpaired) electrons. The molecule has 7 heteroatoms. The van der Waals surface area contributed by atoms with Gasteiger partial charge in [-0.3, -0.25) is 9.59 Å². The molecule has 17 heavy (non-hydrogen) atoms. The van der Waals surface area contributed by atoms with Crippen LogP contribution in [0.5, 0.6) is 0 Å². The van der Waals surface area contributed by atoms with Gasteiger partial charge in [0.1, 0.15) is 5.69 Å². The van der Waals surface area contributed by atoms with Crippen LogP contribution in [0.2, 0.25) is 0 Å². The molecule has 0 spiro atoms. The molecule has 1 aromatic rings. The second-order valence-electron chi connectivity index (χ2n) is 3.89. The number of halogens is 3. The molecule has 1 aliphatic carbocycles. The summed E-state index contributed by atoms with van der Waals surface area (Å²) in [7, 11) is 0. The smallest absolute Gasteiger partial charge is 0.327 e. The summed E-state index contributed by atoms with van der Waals surface area (Å²) in [4.78, 5) is 24.5. The lowest BCUT2D eigenvalue weighted by Crippen LogP contribution is -2.22. The van der Waals surface area contributed by atoms with Crippen LogP contribution in [0.1, 0.15) is 18.4 Å². The molecule has 92 valence electrons. The number of amides is 1. The summed E-state index contributed by atoms with van der Waals surface area (Å²) in [5, 5.41) is 2.20. The standard InChI is InChI=1S/C10H9F3N2O2/c11-10(12,13)6-3-7(9(17)14-4-6)15-8(16)5-1-2-5/h3-5H,1-2H2,(H,14,17)(H,15,16). The third-order valence-electron chi connectivity index (χ3n) is 2.44. The molecule has 1 fully saturated rings. The maximum Gasteiger partial charge on any atom is 0.417 e. The number of pyridine rings is 1. The number of H-pyrrole nitrogens is 1. The predicted molar refractivity (Wildman–Crippen MR) is 53.4 cm³/mol. The Morgan fingerprint density at radius 3 is 2.59 bits per heavy atom. The molecular weight excluding hydrogens is 237 g/mol. The van der Waals surface area contributed by atoms with Gasteiger partial charge in [-0.2, -0.15) is 13.2 Å². The first-order chi connectivity index (χ1) is 7.88. The van der Waals surface area contributed by atoms with E-state index in [0.29, 0.717) is 25.1 Å². The first-order valence-corrected chi connectivity index (χ1v) is 4.99. The van der Waals surface area contributed by atoms with E-state index in [0.717, 1.165) is 0 Å². The molecule has 1 heterocycles. The van der Waals surface area contributed by atoms with Crippen molar-refractivity contribution in [1.29, 1.82) is 0 Å². The monoisotopic (exact) mass is 246 g/mol. The molecule has 1 aromatic heterocycles. The Labute approximate surface area is 93.8 Å². The van der Waals surface area contributed by atoms with Crippen molar-refractivity contribution >= 4 is 11.6 Å². The van der Waals surface area contributed by atoms with E-state index in [1.54, 1.807) is 0 Å². The van der Waals surface area contributed by atoms with Crippen molar-refractivity contribution in [2.45, 2.75) is 19.0 Å². The second kappa shape index (κ2) is 3.90. The normalized spacial score (nSPS) is 15.7. The maximum atomic E-state index is 12.4. The zero-order valence-electron chi connectivity index (χ0n) is 8.60. The van der Waals surface area contributed by atoms with E-state index >= 15 is 0 Å². The number of hydrogen-bond donors (Lipinski definition) is 2. The summed E-state index contributed by atoms with van der Waals surface area (Å²) >= 11 is 0. The SMILES string of the molecule is O=C(Nc1cc(C(F)(F)F)c[nH]c1=O)C1CC1. The van der Waals surface area contributed by atoms with Gasteiger partial charge >= 0.3 is 6.18 Å². The molecule has 0 bridgehead atoms. The van der Waals surface area contributed by atoms with Crippen LogP contribution in [-0.4, -0.2) is 10.9 Å². The van der Waals surface area contributed by atoms with Crippen LogP contribution in [0.4, 0.5) is 18.9 Å². The highest BCUT2D eigenvalue weighted by atomic mass is 19.4. The van der Waals surface area contributed by atoms with Gasteiger partial charge in [0.15, 0.2) is 0 Å². The number of aromatic amines is 1. The van der Waals surface area contributed by atoms with Gasteiger partial charge in [0, 0.05) is 12.1 Å². The number of anilines is 1. The molecule has 1 aliphatic rings. The van der Waals surface area contributed by atoms with Gasteiger partial charge in [-0.15, -0.1) is 0 Å². The summed E-state index contributed by atoms with van der Waals surface area (Å²) in [6.07, 6.45) is -2.55. The van der Waals surface area contributed by atoms with E-state index in [1.165, 1.54) is 0 Å². The van der Waals surface area contributed by atoms with Gasteiger partial charge < -0.3 is 10.3 Å². The minimum atomic E-state index is -4.55. The third-order valence-corrected chi connectivity index (χ3v) is 2.44. The Hall–Kier alpha value is -1.79. The average Bonchev–Trinajstić information content (AvgIpc) is 3.02. The van der Waals surface area contributed by atoms with E-state index in [1.807, 2.05) is 4.98 Å². The molecule has 1 saturated carbocycles. The maximum absolute atomic E-state index is 12.4. The third kappa shape index (κ3) is 2.66. The zero-order chi connectivity index (χ0) is 12.6. The lowest BCUT2D eigenvalue weighted by molar-refractivity contribution is -0.137. The Kier molecular flexibility index (Phi) is 2.68. The summed E-state index contributed by atoms with van der Waals surface area (Å²) < 4.78 is 37.1. The minimum Gasteiger partial charge on any atom is -0.327 e. The van der Waals surface area contributed by atoms with Crippen molar-refractivity contribution in [3.8, 4) is 0 Å². The van der Waals surface area contributed by atoms with Crippen LogP contribution in [0, 0.1) is 5.92 Å². The number of rotatable bonds is 2. The highest BCUT2D eigenvalue weighted by molar-refractivity contribution is 5.93. The van der Waals surface area contributed by atoms with Crippen molar-refractivity contribution < 1.29 is 18.0 Å². The number of alkyl halides is 3. The molecule has 2 N–H and O–H groups in total. The molecule has 0 aliphatic heterocycles. The fourth-order valence-electron chi connectivity index (χ4n) is 1.32. The van der Waals surface area contributed by atoms with E-state index in [9.17, 15) is 22.8 Å². The van der Waals surface area contributed by atoms with Crippen molar-refractivity contribution in [2.75, 3.05) is 5.32 Å². The molecule has 1 amide bonds. The fourth-order valence-corrected chi connectivity index (χ4v) is 1.32. The van der Waals surface area contributed by atoms with Crippen LogP contribution >= 0.6 is 0 Å². The molecule has 4 nitrogen and oxygen atoms in total. The second-order valence-corrected chi connectivity index (χ2v) is 3.89. The van der Waals surface area contributed by atoms with Gasteiger partial charge in [0.05, 0.1) is 5.56 Å². The van der Waals surface area contributed by atoms with Crippen molar-refractivity contribution in [3.63, 3.8) is 0 Å². The average molecular weight is 246 g/mol. The Bertz CT molecular complexity index is 503. The number of aromatic nitrogens is 1. The highest BCUT2D eigenvalue weighted by Gasteiger charge is 2.33. The van der Waals surface area contributed by atoms with E-state index in [2.05, 4.69) is 5.32 Å². The van der Waals surface area contributed by atoms with Gasteiger partial charge in [0.25, 0.3) is 5.56 Å². The van der Waals surface area contributed by atoms with E-state index in [4.69, 9.17) is 0 Å². The number of hydrogen-bond acceptors (Lipinski definition) is 2. The molecule has 0 saturated heterocycles. The molecular formula is C10H9F3N2O2. The molecule has 2 rings (SSSR count). The number of nitrogens with one attached hydrogen (secondary N) is 2. The largest absolute Gasteiger partial charge is 0.417 e. The predicted octanol–water partition coefficient (Wildman–Crippen LogP) is 1.74. The minimum absolute atomic E-state index is 0.177. The number of carbonyl (C=O) groups is 1. The zero-order valence-corrected chi connectivity index (χ0v) is 8.60. The molecule has 0 aromatic carbocycles. The first-order valence-electron chi connectivity index (χ1n) is 4.99. The van der Waals surface area contributed by atoms with Crippen molar-refractivity contribution in [1.82, 2.24) is 4.98 Å². The molecule has 0 unspecified atom stereocenters. The summed E-state index contributed by atoms with van der Waals surface area (Å²) in [5.74, 6) is -0.584.